The molecule has 0 fully saturated rings. The highest BCUT2D eigenvalue weighted by molar-refractivity contribution is 6.32. The molecule has 1 aliphatic rings. The van der Waals surface area contributed by atoms with Gasteiger partial charge in [-0.05, 0) is 17.7 Å². The molecule has 1 atom stereocenters. The maximum atomic E-state index is 10.7. The molecule has 5 nitrogen and oxygen atoms in total. The summed E-state index contributed by atoms with van der Waals surface area (Å²) in [4.78, 5) is 10.7. The third-order valence-corrected chi connectivity index (χ3v) is 2.53. The molecule has 0 amide bonds. The van der Waals surface area contributed by atoms with Crippen LogP contribution in [0.1, 0.15) is 11.6 Å². The lowest BCUT2D eigenvalue weighted by molar-refractivity contribution is -0.138. The van der Waals surface area contributed by atoms with E-state index in [1.807, 2.05) is 0 Å². The van der Waals surface area contributed by atoms with Gasteiger partial charge in [-0.25, -0.2) is 0 Å². The minimum absolute atomic E-state index is 0.309. The summed E-state index contributed by atoms with van der Waals surface area (Å²) < 4.78 is 10.6. The Morgan fingerprint density at radius 2 is 2.12 bits per heavy atom. The molecule has 6 heteroatoms. The summed E-state index contributed by atoms with van der Waals surface area (Å²) in [5.74, 6) is -0.243. The number of carbonyl (C=O) groups is 1. The lowest BCUT2D eigenvalue weighted by Crippen LogP contribution is -2.22. The van der Waals surface area contributed by atoms with Crippen molar-refractivity contribution < 1.29 is 19.4 Å². The molecule has 0 bridgehead atoms. The van der Waals surface area contributed by atoms with Gasteiger partial charge in [-0.1, -0.05) is 11.6 Å². The zero-order chi connectivity index (χ0) is 11.7. The van der Waals surface area contributed by atoms with E-state index in [0.29, 0.717) is 35.3 Å². The number of ether oxygens (including phenoxy) is 2. The Labute approximate surface area is 96.7 Å². The molecule has 1 aliphatic heterocycles. The van der Waals surface area contributed by atoms with Crippen LogP contribution in [0.15, 0.2) is 12.1 Å². The molecule has 1 aromatic rings. The maximum absolute atomic E-state index is 10.7. The van der Waals surface area contributed by atoms with Crippen molar-refractivity contribution in [2.45, 2.75) is 6.04 Å². The molecular weight excluding hydrogens is 234 g/mol. The molecule has 2 rings (SSSR count). The fourth-order valence-corrected chi connectivity index (χ4v) is 1.73. The first-order chi connectivity index (χ1) is 7.59. The summed E-state index contributed by atoms with van der Waals surface area (Å²) in [6.45, 7) is 0.839. The van der Waals surface area contributed by atoms with Gasteiger partial charge in [-0.3, -0.25) is 4.79 Å². The highest BCUT2D eigenvalue weighted by Crippen LogP contribution is 2.39. The quantitative estimate of drug-likeness (QED) is 0.816. The van der Waals surface area contributed by atoms with Gasteiger partial charge in [0.05, 0.1) is 5.02 Å². The topological polar surface area (TPSA) is 81.8 Å². The van der Waals surface area contributed by atoms with Gasteiger partial charge in [0.2, 0.25) is 0 Å². The minimum atomic E-state index is -1.12. The van der Waals surface area contributed by atoms with Crippen LogP contribution in [0.3, 0.4) is 0 Å². The van der Waals surface area contributed by atoms with Gasteiger partial charge in [0.1, 0.15) is 19.3 Å². The van der Waals surface area contributed by atoms with Crippen molar-refractivity contribution in [1.29, 1.82) is 0 Å². The summed E-state index contributed by atoms with van der Waals surface area (Å²) in [6.07, 6.45) is 0. The molecule has 3 N–H and O–H groups in total. The Balaban J connectivity index is 2.42. The van der Waals surface area contributed by atoms with Crippen LogP contribution in [0.25, 0.3) is 0 Å². The van der Waals surface area contributed by atoms with Gasteiger partial charge in [0.15, 0.2) is 11.5 Å². The summed E-state index contributed by atoms with van der Waals surface area (Å²) in [5.41, 5.74) is 5.88. The number of nitrogens with two attached hydrogens (primary N) is 1. The van der Waals surface area contributed by atoms with Gasteiger partial charge in [0, 0.05) is 0 Å². The van der Waals surface area contributed by atoms with Crippen molar-refractivity contribution in [2.75, 3.05) is 13.2 Å². The Bertz CT molecular complexity index is 435. The van der Waals surface area contributed by atoms with E-state index in [0.717, 1.165) is 0 Å². The van der Waals surface area contributed by atoms with Crippen molar-refractivity contribution in [2.24, 2.45) is 5.73 Å². The molecule has 0 aromatic heterocycles. The van der Waals surface area contributed by atoms with Crippen LogP contribution in [0.4, 0.5) is 0 Å². The summed E-state index contributed by atoms with van der Waals surface area (Å²) >= 11 is 5.94. The van der Waals surface area contributed by atoms with E-state index in [4.69, 9.17) is 31.9 Å². The van der Waals surface area contributed by atoms with Crippen LogP contribution >= 0.6 is 11.6 Å². The van der Waals surface area contributed by atoms with E-state index in [1.165, 1.54) is 6.07 Å². The van der Waals surface area contributed by atoms with E-state index >= 15 is 0 Å². The second-order valence-corrected chi connectivity index (χ2v) is 3.75. The number of hydrogen-bond donors (Lipinski definition) is 2. The van der Waals surface area contributed by atoms with E-state index in [-0.39, 0.29) is 0 Å². The zero-order valence-corrected chi connectivity index (χ0v) is 9.03. The Morgan fingerprint density at radius 1 is 1.44 bits per heavy atom. The zero-order valence-electron chi connectivity index (χ0n) is 8.27. The molecule has 1 aromatic carbocycles. The van der Waals surface area contributed by atoms with Crippen molar-refractivity contribution in [3.05, 3.63) is 22.7 Å². The minimum Gasteiger partial charge on any atom is -0.486 e. The fourth-order valence-electron chi connectivity index (χ4n) is 1.45. The molecule has 86 valence electrons. The molecule has 0 radical (unpaired) electrons. The van der Waals surface area contributed by atoms with Gasteiger partial charge in [0.25, 0.3) is 0 Å². The molecule has 0 spiro atoms. The van der Waals surface area contributed by atoms with E-state index < -0.39 is 12.0 Å². The lowest BCUT2D eigenvalue weighted by atomic mass is 10.1. The predicted octanol–water partition coefficient (Wildman–Crippen LogP) is 1.20. The normalized spacial score (nSPS) is 15.6. The lowest BCUT2D eigenvalue weighted by Gasteiger charge is -2.21. The first kappa shape index (κ1) is 11.0. The van der Waals surface area contributed by atoms with Crippen LogP contribution in [-0.4, -0.2) is 24.3 Å². The molecule has 0 aliphatic carbocycles. The molecule has 16 heavy (non-hydrogen) atoms. The van der Waals surface area contributed by atoms with Crippen LogP contribution in [0.2, 0.25) is 5.02 Å². The predicted molar refractivity (Wildman–Crippen MR) is 57.0 cm³/mol. The molecule has 0 saturated carbocycles. The van der Waals surface area contributed by atoms with Crippen LogP contribution < -0.4 is 15.2 Å². The maximum Gasteiger partial charge on any atom is 0.325 e. The summed E-state index contributed by atoms with van der Waals surface area (Å²) in [5, 5.41) is 9.10. The average Bonchev–Trinajstić information content (AvgIpc) is 2.28. The standard InChI is InChI=1S/C10H10ClNO4/c11-6-3-5(8(12)10(13)14)4-7-9(6)16-2-1-15-7/h3-4,8H,1-2,12H2,(H,13,14). The van der Waals surface area contributed by atoms with Crippen molar-refractivity contribution >= 4 is 17.6 Å². The van der Waals surface area contributed by atoms with Gasteiger partial charge >= 0.3 is 5.97 Å². The summed E-state index contributed by atoms with van der Waals surface area (Å²) in [6, 6.07) is 1.90. The molecule has 1 unspecified atom stereocenters. The van der Waals surface area contributed by atoms with Gasteiger partial charge in [-0.15, -0.1) is 0 Å². The van der Waals surface area contributed by atoms with E-state index in [1.54, 1.807) is 6.07 Å². The number of aliphatic carboxylic acids is 1. The number of fused-ring (bicyclic) bond motifs is 1. The molecular formula is C10H10ClNO4. The van der Waals surface area contributed by atoms with E-state index in [9.17, 15) is 4.79 Å². The Hall–Kier alpha value is -1.46. The van der Waals surface area contributed by atoms with Crippen LogP contribution in [-0.2, 0) is 4.79 Å². The SMILES string of the molecule is NC(C(=O)O)c1cc(Cl)c2c(c1)OCCO2. The van der Waals surface area contributed by atoms with Gasteiger partial charge < -0.3 is 20.3 Å². The smallest absolute Gasteiger partial charge is 0.325 e. The van der Waals surface area contributed by atoms with Gasteiger partial charge in [-0.2, -0.15) is 0 Å². The largest absolute Gasteiger partial charge is 0.486 e. The third kappa shape index (κ3) is 1.91. The first-order valence-corrected chi connectivity index (χ1v) is 5.05. The first-order valence-electron chi connectivity index (χ1n) is 4.67. The second kappa shape index (κ2) is 4.19. The number of benzene rings is 1. The highest BCUT2D eigenvalue weighted by atomic mass is 35.5. The highest BCUT2D eigenvalue weighted by Gasteiger charge is 2.21. The van der Waals surface area contributed by atoms with Crippen molar-refractivity contribution in [3.8, 4) is 11.5 Å². The number of carboxylic acids is 1. The molecule has 0 saturated heterocycles. The fraction of sp³-hybridized carbons (Fsp3) is 0.300. The number of carboxylic acid groups (broad SMARTS) is 1. The van der Waals surface area contributed by atoms with E-state index in [2.05, 4.69) is 0 Å². The number of rotatable bonds is 2. The second-order valence-electron chi connectivity index (χ2n) is 3.34. The monoisotopic (exact) mass is 243 g/mol. The summed E-state index contributed by atoms with van der Waals surface area (Å²) in [7, 11) is 0. The van der Waals surface area contributed by atoms with Crippen LogP contribution in [0, 0.1) is 0 Å². The van der Waals surface area contributed by atoms with Crippen molar-refractivity contribution in [1.82, 2.24) is 0 Å². The Morgan fingerprint density at radius 3 is 2.81 bits per heavy atom. The number of hydrogen-bond acceptors (Lipinski definition) is 4. The van der Waals surface area contributed by atoms with Crippen LogP contribution in [0.5, 0.6) is 11.5 Å². The average molecular weight is 244 g/mol. The molecule has 1 heterocycles. The van der Waals surface area contributed by atoms with Crippen molar-refractivity contribution in [3.63, 3.8) is 0 Å². The Kier molecular flexibility index (Phi) is 2.89. The number of halogens is 1. The third-order valence-electron chi connectivity index (χ3n) is 2.24.